The molecule has 8 heteroatoms. The van der Waals surface area contributed by atoms with Crippen LogP contribution in [0.3, 0.4) is 0 Å². The van der Waals surface area contributed by atoms with E-state index < -0.39 is 9.84 Å². The van der Waals surface area contributed by atoms with E-state index >= 15 is 0 Å². The SMILES string of the molecule is COCC(=O)N=C1S[C@@H]2CS(=O)(=O)C[C@H]2N1c1ccccc1. The summed E-state index contributed by atoms with van der Waals surface area (Å²) in [4.78, 5) is 17.7. The smallest absolute Gasteiger partial charge is 0.274 e. The summed E-state index contributed by atoms with van der Waals surface area (Å²) in [6.45, 7) is -0.0830. The van der Waals surface area contributed by atoms with Crippen LogP contribution in [0.1, 0.15) is 0 Å². The number of fused-ring (bicyclic) bond motifs is 1. The molecule has 0 unspecified atom stereocenters. The van der Waals surface area contributed by atoms with E-state index in [0.29, 0.717) is 5.17 Å². The van der Waals surface area contributed by atoms with Gasteiger partial charge in [-0.1, -0.05) is 30.0 Å². The van der Waals surface area contributed by atoms with Crippen LogP contribution in [0.5, 0.6) is 0 Å². The third-order valence-electron chi connectivity index (χ3n) is 3.59. The Balaban J connectivity index is 1.96. The molecule has 2 aliphatic heterocycles. The zero-order chi connectivity index (χ0) is 15.7. The number of methoxy groups -OCH3 is 1. The molecule has 0 aromatic heterocycles. The predicted octanol–water partition coefficient (Wildman–Crippen LogP) is 0.934. The number of carbonyl (C=O) groups excluding carboxylic acids is 1. The summed E-state index contributed by atoms with van der Waals surface area (Å²) in [5, 5.41) is 0.470. The summed E-state index contributed by atoms with van der Waals surface area (Å²) in [7, 11) is -1.60. The zero-order valence-electron chi connectivity index (χ0n) is 12.0. The molecule has 0 saturated carbocycles. The van der Waals surface area contributed by atoms with E-state index in [4.69, 9.17) is 4.74 Å². The average Bonchev–Trinajstić information content (AvgIpc) is 2.91. The van der Waals surface area contributed by atoms with Crippen molar-refractivity contribution in [2.24, 2.45) is 4.99 Å². The number of amidine groups is 1. The summed E-state index contributed by atoms with van der Waals surface area (Å²) in [5.74, 6) is -0.144. The number of hydrogen-bond acceptors (Lipinski definition) is 5. The molecule has 0 N–H and O–H groups in total. The van der Waals surface area contributed by atoms with Gasteiger partial charge in [0.05, 0.1) is 17.5 Å². The zero-order valence-corrected chi connectivity index (χ0v) is 13.6. The van der Waals surface area contributed by atoms with E-state index in [1.807, 2.05) is 35.2 Å². The number of thioether (sulfide) groups is 1. The van der Waals surface area contributed by atoms with Gasteiger partial charge >= 0.3 is 0 Å². The van der Waals surface area contributed by atoms with Crippen LogP contribution in [0.2, 0.25) is 0 Å². The van der Waals surface area contributed by atoms with Gasteiger partial charge in [-0.2, -0.15) is 4.99 Å². The number of aliphatic imine (C=N–C) groups is 1. The highest BCUT2D eigenvalue weighted by atomic mass is 32.2. The molecule has 2 fully saturated rings. The average molecular weight is 340 g/mol. The quantitative estimate of drug-likeness (QED) is 0.815. The van der Waals surface area contributed by atoms with Crippen LogP contribution in [0.25, 0.3) is 0 Å². The molecule has 2 saturated heterocycles. The lowest BCUT2D eigenvalue weighted by atomic mass is 10.2. The lowest BCUT2D eigenvalue weighted by molar-refractivity contribution is -0.121. The van der Waals surface area contributed by atoms with Crippen LogP contribution >= 0.6 is 11.8 Å². The second-order valence-corrected chi connectivity index (χ2v) is 8.59. The highest BCUT2D eigenvalue weighted by molar-refractivity contribution is 8.16. The predicted molar refractivity (Wildman–Crippen MR) is 87.1 cm³/mol. The molecule has 22 heavy (non-hydrogen) atoms. The number of anilines is 1. The maximum Gasteiger partial charge on any atom is 0.274 e. The molecule has 1 amide bonds. The highest BCUT2D eigenvalue weighted by Crippen LogP contribution is 2.40. The monoisotopic (exact) mass is 340 g/mol. The summed E-state index contributed by atoms with van der Waals surface area (Å²) >= 11 is 1.36. The van der Waals surface area contributed by atoms with Crippen molar-refractivity contribution in [1.29, 1.82) is 0 Å². The van der Waals surface area contributed by atoms with Crippen molar-refractivity contribution in [2.45, 2.75) is 11.3 Å². The van der Waals surface area contributed by atoms with Crippen LogP contribution in [0.15, 0.2) is 35.3 Å². The molecule has 0 radical (unpaired) electrons. The van der Waals surface area contributed by atoms with Gasteiger partial charge in [0, 0.05) is 18.0 Å². The maximum atomic E-state index is 11.9. The lowest BCUT2D eigenvalue weighted by Crippen LogP contribution is -2.37. The van der Waals surface area contributed by atoms with Crippen molar-refractivity contribution in [3.05, 3.63) is 30.3 Å². The number of carbonyl (C=O) groups is 1. The molecule has 2 atom stereocenters. The molecular formula is C14H16N2O4S2. The molecule has 0 bridgehead atoms. The van der Waals surface area contributed by atoms with E-state index in [0.717, 1.165) is 5.69 Å². The molecule has 2 aliphatic rings. The third kappa shape index (κ3) is 3.04. The van der Waals surface area contributed by atoms with Crippen LogP contribution in [-0.2, 0) is 19.4 Å². The number of benzene rings is 1. The van der Waals surface area contributed by atoms with Gasteiger partial charge in [0.2, 0.25) is 0 Å². The Morgan fingerprint density at radius 2 is 2.09 bits per heavy atom. The Kier molecular flexibility index (Phi) is 4.24. The number of sulfone groups is 1. The van der Waals surface area contributed by atoms with Crippen molar-refractivity contribution < 1.29 is 17.9 Å². The van der Waals surface area contributed by atoms with Crippen LogP contribution in [0.4, 0.5) is 5.69 Å². The molecule has 118 valence electrons. The Morgan fingerprint density at radius 3 is 2.77 bits per heavy atom. The first-order chi connectivity index (χ1) is 10.5. The van der Waals surface area contributed by atoms with Crippen LogP contribution in [0, 0.1) is 0 Å². The Labute approximate surface area is 133 Å². The molecule has 0 spiro atoms. The molecule has 1 aromatic carbocycles. The number of nitrogens with zero attached hydrogens (tertiary/aromatic N) is 2. The minimum atomic E-state index is -3.04. The number of para-hydroxylation sites is 1. The van der Waals surface area contributed by atoms with E-state index in [-0.39, 0.29) is 35.3 Å². The van der Waals surface area contributed by atoms with E-state index in [1.54, 1.807) is 0 Å². The molecule has 1 aromatic rings. The van der Waals surface area contributed by atoms with Gasteiger partial charge in [0.25, 0.3) is 5.91 Å². The molecule has 6 nitrogen and oxygen atoms in total. The fourth-order valence-electron chi connectivity index (χ4n) is 2.72. The summed E-state index contributed by atoms with van der Waals surface area (Å²) < 4.78 is 28.6. The second-order valence-electron chi connectivity index (χ2n) is 5.23. The van der Waals surface area contributed by atoms with Crippen molar-refractivity contribution in [3.63, 3.8) is 0 Å². The third-order valence-corrected chi connectivity index (χ3v) is 6.80. The van der Waals surface area contributed by atoms with Gasteiger partial charge in [0.15, 0.2) is 15.0 Å². The van der Waals surface area contributed by atoms with Crippen LogP contribution < -0.4 is 4.90 Å². The Bertz CT molecular complexity index is 703. The number of ether oxygens (including phenoxy) is 1. The van der Waals surface area contributed by atoms with Crippen molar-refractivity contribution in [1.82, 2.24) is 0 Å². The number of rotatable bonds is 3. The fourth-order valence-corrected chi connectivity index (χ4v) is 6.65. The topological polar surface area (TPSA) is 76.0 Å². The molecule has 2 heterocycles. The van der Waals surface area contributed by atoms with Crippen LogP contribution in [-0.4, -0.2) is 56.0 Å². The first kappa shape index (κ1) is 15.5. The minimum absolute atomic E-state index is 0.0830. The largest absolute Gasteiger partial charge is 0.375 e. The van der Waals surface area contributed by atoms with Gasteiger partial charge in [-0.15, -0.1) is 0 Å². The maximum absolute atomic E-state index is 11.9. The van der Waals surface area contributed by atoms with Gasteiger partial charge in [0.1, 0.15) is 6.61 Å². The normalized spacial score (nSPS) is 28.0. The van der Waals surface area contributed by atoms with E-state index in [1.165, 1.54) is 18.9 Å². The van der Waals surface area contributed by atoms with E-state index in [9.17, 15) is 13.2 Å². The molecular weight excluding hydrogens is 324 g/mol. The highest BCUT2D eigenvalue weighted by Gasteiger charge is 2.49. The second kappa shape index (κ2) is 6.02. The Morgan fingerprint density at radius 1 is 1.36 bits per heavy atom. The van der Waals surface area contributed by atoms with Crippen molar-refractivity contribution >= 4 is 38.4 Å². The number of amides is 1. The Hall–Kier alpha value is -1.38. The van der Waals surface area contributed by atoms with Gasteiger partial charge in [-0.3, -0.25) is 4.79 Å². The number of hydrogen-bond donors (Lipinski definition) is 0. The van der Waals surface area contributed by atoms with Crippen molar-refractivity contribution in [2.75, 3.05) is 30.1 Å². The molecule has 3 rings (SSSR count). The first-order valence-electron chi connectivity index (χ1n) is 6.82. The fraction of sp³-hybridized carbons (Fsp3) is 0.429. The summed E-state index contributed by atoms with van der Waals surface area (Å²) in [6.07, 6.45) is 0. The van der Waals surface area contributed by atoms with Gasteiger partial charge in [-0.05, 0) is 12.1 Å². The summed E-state index contributed by atoms with van der Waals surface area (Å²) in [5.41, 5.74) is 0.851. The standard InChI is InChI=1S/C14H16N2O4S2/c1-20-7-13(17)15-14-16(10-5-3-2-4-6-10)11-8-22(18,19)9-12(11)21-14/h2-6,11-12H,7-9H2,1H3/t11-,12-/m1/s1. The van der Waals surface area contributed by atoms with Gasteiger partial charge < -0.3 is 9.64 Å². The van der Waals surface area contributed by atoms with Crippen molar-refractivity contribution in [3.8, 4) is 0 Å². The molecule has 0 aliphatic carbocycles. The minimum Gasteiger partial charge on any atom is -0.375 e. The first-order valence-corrected chi connectivity index (χ1v) is 9.52. The van der Waals surface area contributed by atoms with E-state index in [2.05, 4.69) is 4.99 Å². The lowest BCUT2D eigenvalue weighted by Gasteiger charge is -2.24. The summed E-state index contributed by atoms with van der Waals surface area (Å²) in [6, 6.07) is 9.26. The van der Waals surface area contributed by atoms with Gasteiger partial charge in [-0.25, -0.2) is 8.42 Å².